The molecule has 0 aliphatic heterocycles. The third kappa shape index (κ3) is 9.22. The van der Waals surface area contributed by atoms with Gasteiger partial charge in [-0.2, -0.15) is 0 Å². The molecule has 0 unspecified atom stereocenters. The minimum absolute atomic E-state index is 0.244. The van der Waals surface area contributed by atoms with E-state index in [2.05, 4.69) is 6.92 Å². The Morgan fingerprint density at radius 2 is 1.30 bits per heavy atom. The topological polar surface area (TPSA) is 40.5 Å². The molecule has 0 aromatic rings. The Morgan fingerprint density at radius 1 is 0.900 bits per heavy atom. The molecule has 0 aliphatic rings. The summed E-state index contributed by atoms with van der Waals surface area (Å²) in [5, 5.41) is 9.00. The number of hydrogen-bond acceptors (Lipinski definition) is 1. The summed E-state index contributed by atoms with van der Waals surface area (Å²) < 4.78 is 0. The van der Waals surface area contributed by atoms with Crippen LogP contribution in [0.1, 0.15) is 91.4 Å². The van der Waals surface area contributed by atoms with E-state index in [0.717, 1.165) is 12.8 Å². The van der Waals surface area contributed by atoms with Gasteiger partial charge in [-0.15, -0.1) is 0 Å². The van der Waals surface area contributed by atoms with Gasteiger partial charge < -0.3 is 10.0 Å². The summed E-state index contributed by atoms with van der Waals surface area (Å²) in [4.78, 5) is 12.4. The van der Waals surface area contributed by atoms with E-state index < -0.39 is 6.09 Å². The fourth-order valence-corrected chi connectivity index (χ4v) is 2.47. The number of hydrogen-bond donors (Lipinski definition) is 1. The fraction of sp³-hybridized carbons (Fsp3) is 0.941. The van der Waals surface area contributed by atoms with Crippen LogP contribution in [0.3, 0.4) is 0 Å². The van der Waals surface area contributed by atoms with Gasteiger partial charge in [0, 0.05) is 12.6 Å². The molecule has 0 saturated carbocycles. The summed E-state index contributed by atoms with van der Waals surface area (Å²) >= 11 is 0. The molecule has 0 heterocycles. The molecule has 0 spiro atoms. The van der Waals surface area contributed by atoms with Crippen LogP contribution in [0, 0.1) is 0 Å². The summed E-state index contributed by atoms with van der Waals surface area (Å²) in [5.41, 5.74) is -0.244. The summed E-state index contributed by atoms with van der Waals surface area (Å²) in [6.45, 7) is 6.27. The molecule has 0 aromatic carbocycles. The van der Waals surface area contributed by atoms with Crippen molar-refractivity contribution in [2.45, 2.75) is 96.9 Å². The zero-order valence-electron chi connectivity index (χ0n) is 14.1. The molecule has 0 saturated heterocycles. The van der Waals surface area contributed by atoms with Crippen molar-refractivity contribution in [1.82, 2.24) is 4.90 Å². The van der Waals surface area contributed by atoms with Crippen molar-refractivity contribution in [3.05, 3.63) is 0 Å². The summed E-state index contributed by atoms with van der Waals surface area (Å²) in [5.74, 6) is 0. The van der Waals surface area contributed by atoms with Crippen LogP contribution in [0.15, 0.2) is 0 Å². The number of rotatable bonds is 12. The maximum Gasteiger partial charge on any atom is 0.407 e. The molecule has 3 heteroatoms. The van der Waals surface area contributed by atoms with Gasteiger partial charge in [0.1, 0.15) is 0 Å². The number of carbonyl (C=O) groups is 1. The van der Waals surface area contributed by atoms with E-state index in [1.807, 2.05) is 13.8 Å². The summed E-state index contributed by atoms with van der Waals surface area (Å²) in [7, 11) is 1.67. The molecule has 0 rings (SSSR count). The van der Waals surface area contributed by atoms with Crippen molar-refractivity contribution < 1.29 is 9.90 Å². The third-order valence-electron chi connectivity index (χ3n) is 4.34. The highest BCUT2D eigenvalue weighted by molar-refractivity contribution is 5.65. The average Bonchev–Trinajstić information content (AvgIpc) is 2.39. The third-order valence-corrected chi connectivity index (χ3v) is 4.34. The Bertz CT molecular complexity index is 251. The molecule has 0 aromatic heterocycles. The number of amides is 1. The van der Waals surface area contributed by atoms with Gasteiger partial charge in [0.2, 0.25) is 0 Å². The smallest absolute Gasteiger partial charge is 0.407 e. The van der Waals surface area contributed by atoms with Gasteiger partial charge in [-0.1, -0.05) is 71.1 Å². The average molecular weight is 285 g/mol. The lowest BCUT2D eigenvalue weighted by Crippen LogP contribution is -2.44. The van der Waals surface area contributed by atoms with E-state index >= 15 is 0 Å². The molecule has 20 heavy (non-hydrogen) atoms. The van der Waals surface area contributed by atoms with Gasteiger partial charge in [0.25, 0.3) is 0 Å². The quantitative estimate of drug-likeness (QED) is 0.468. The van der Waals surface area contributed by atoms with E-state index in [1.165, 1.54) is 62.7 Å². The number of carboxylic acid groups (broad SMARTS) is 1. The predicted octanol–water partition coefficient (Wildman–Crippen LogP) is 5.69. The van der Waals surface area contributed by atoms with Crippen LogP contribution in [0.25, 0.3) is 0 Å². The molecule has 0 fully saturated rings. The Kier molecular flexibility index (Phi) is 10.6. The highest BCUT2D eigenvalue weighted by atomic mass is 16.4. The maximum absolute atomic E-state index is 11.0. The first-order valence-corrected chi connectivity index (χ1v) is 8.38. The minimum Gasteiger partial charge on any atom is -0.465 e. The highest BCUT2D eigenvalue weighted by Crippen LogP contribution is 2.21. The lowest BCUT2D eigenvalue weighted by molar-refractivity contribution is 0.104. The number of nitrogens with zero attached hydrogens (tertiary/aromatic N) is 1. The van der Waals surface area contributed by atoms with Crippen molar-refractivity contribution in [3.63, 3.8) is 0 Å². The molecule has 1 N–H and O–H groups in total. The van der Waals surface area contributed by atoms with Gasteiger partial charge in [-0.3, -0.25) is 0 Å². The van der Waals surface area contributed by atoms with E-state index in [1.54, 1.807) is 7.05 Å². The van der Waals surface area contributed by atoms with E-state index in [4.69, 9.17) is 5.11 Å². The fourth-order valence-electron chi connectivity index (χ4n) is 2.47. The Hall–Kier alpha value is -0.730. The Morgan fingerprint density at radius 3 is 1.70 bits per heavy atom. The molecule has 0 bridgehead atoms. The van der Waals surface area contributed by atoms with Crippen LogP contribution in [0.5, 0.6) is 0 Å². The van der Waals surface area contributed by atoms with Crippen LogP contribution in [0.4, 0.5) is 4.79 Å². The largest absolute Gasteiger partial charge is 0.465 e. The van der Waals surface area contributed by atoms with Crippen LogP contribution in [0.2, 0.25) is 0 Å². The van der Waals surface area contributed by atoms with Gasteiger partial charge in [-0.25, -0.2) is 4.79 Å². The first-order chi connectivity index (χ1) is 9.41. The summed E-state index contributed by atoms with van der Waals surface area (Å²) in [6, 6.07) is 0. The van der Waals surface area contributed by atoms with Crippen LogP contribution >= 0.6 is 0 Å². The van der Waals surface area contributed by atoms with Crippen LogP contribution in [-0.4, -0.2) is 28.7 Å². The first kappa shape index (κ1) is 19.3. The van der Waals surface area contributed by atoms with Gasteiger partial charge >= 0.3 is 6.09 Å². The van der Waals surface area contributed by atoms with Crippen molar-refractivity contribution >= 4 is 6.09 Å². The van der Waals surface area contributed by atoms with E-state index in [0.29, 0.717) is 0 Å². The normalized spacial score (nSPS) is 11.6. The molecule has 120 valence electrons. The van der Waals surface area contributed by atoms with E-state index in [9.17, 15) is 4.79 Å². The lowest BCUT2D eigenvalue weighted by atomic mass is 9.94. The van der Waals surface area contributed by atoms with Gasteiger partial charge in [0.15, 0.2) is 0 Å². The van der Waals surface area contributed by atoms with Crippen molar-refractivity contribution in [2.75, 3.05) is 7.05 Å². The molecular formula is C17H35NO2. The molecule has 0 radical (unpaired) electrons. The Balaban J connectivity index is 3.46. The zero-order chi connectivity index (χ0) is 15.4. The van der Waals surface area contributed by atoms with Gasteiger partial charge in [-0.05, 0) is 20.3 Å². The first-order valence-electron chi connectivity index (χ1n) is 8.38. The predicted molar refractivity (Wildman–Crippen MR) is 86.3 cm³/mol. The minimum atomic E-state index is -0.831. The zero-order valence-corrected chi connectivity index (χ0v) is 14.1. The van der Waals surface area contributed by atoms with Crippen LogP contribution < -0.4 is 0 Å². The standard InChI is InChI=1S/C17H35NO2/c1-5-6-7-8-9-10-11-12-13-14-15-17(2,3)18(4)16(19)20/h5-15H2,1-4H3,(H,19,20). The molecule has 1 amide bonds. The van der Waals surface area contributed by atoms with E-state index in [-0.39, 0.29) is 5.54 Å². The van der Waals surface area contributed by atoms with Crippen LogP contribution in [-0.2, 0) is 0 Å². The monoisotopic (exact) mass is 285 g/mol. The van der Waals surface area contributed by atoms with Crippen molar-refractivity contribution in [2.24, 2.45) is 0 Å². The van der Waals surface area contributed by atoms with Crippen molar-refractivity contribution in [1.29, 1.82) is 0 Å². The SMILES string of the molecule is CCCCCCCCCCCCC(C)(C)N(C)C(=O)O. The van der Waals surface area contributed by atoms with Gasteiger partial charge in [0.05, 0.1) is 0 Å². The summed E-state index contributed by atoms with van der Waals surface area (Å²) in [6.07, 6.45) is 13.3. The second kappa shape index (κ2) is 11.0. The molecule has 0 atom stereocenters. The number of unbranched alkanes of at least 4 members (excludes halogenated alkanes) is 9. The highest BCUT2D eigenvalue weighted by Gasteiger charge is 2.26. The maximum atomic E-state index is 11.0. The lowest BCUT2D eigenvalue weighted by Gasteiger charge is -2.33. The molecule has 3 nitrogen and oxygen atoms in total. The second-order valence-corrected chi connectivity index (χ2v) is 6.59. The molecular weight excluding hydrogens is 250 g/mol. The Labute approximate surface area is 125 Å². The second-order valence-electron chi connectivity index (χ2n) is 6.59. The van der Waals surface area contributed by atoms with Crippen molar-refractivity contribution in [3.8, 4) is 0 Å². The molecule has 0 aliphatic carbocycles.